The fourth-order valence-corrected chi connectivity index (χ4v) is 2.47. The molecule has 0 aliphatic rings. The average molecular weight is 239 g/mol. The molecule has 0 fully saturated rings. The summed E-state index contributed by atoms with van der Waals surface area (Å²) in [6.45, 7) is 6.74. The molecular formula is C12H17NO2S. The molecule has 0 aliphatic carbocycles. The fourth-order valence-electron chi connectivity index (χ4n) is 1.25. The van der Waals surface area contributed by atoms with E-state index in [1.54, 1.807) is 30.3 Å². The van der Waals surface area contributed by atoms with Crippen molar-refractivity contribution in [3.63, 3.8) is 0 Å². The zero-order chi connectivity index (χ0) is 12.0. The second-order valence-electron chi connectivity index (χ2n) is 3.77. The van der Waals surface area contributed by atoms with E-state index in [2.05, 4.69) is 11.9 Å². The molecule has 0 heterocycles. The highest BCUT2D eigenvalue weighted by Crippen LogP contribution is 2.09. The molecule has 0 bridgehead atoms. The highest BCUT2D eigenvalue weighted by Gasteiger charge is 2.12. The SMILES string of the molecule is C=C(C)CNCCS(=O)(=O)c1ccccc1. The van der Waals surface area contributed by atoms with Crippen molar-refractivity contribution in [3.05, 3.63) is 42.5 Å². The van der Waals surface area contributed by atoms with Crippen LogP contribution in [-0.4, -0.2) is 27.3 Å². The van der Waals surface area contributed by atoms with Gasteiger partial charge in [-0.3, -0.25) is 0 Å². The van der Waals surface area contributed by atoms with Gasteiger partial charge in [0.05, 0.1) is 10.6 Å². The van der Waals surface area contributed by atoms with Crippen molar-refractivity contribution in [3.8, 4) is 0 Å². The third-order valence-electron chi connectivity index (χ3n) is 2.08. The lowest BCUT2D eigenvalue weighted by molar-refractivity contribution is 0.592. The number of rotatable bonds is 6. The molecule has 0 aliphatic heterocycles. The Kier molecular flexibility index (Phi) is 4.71. The van der Waals surface area contributed by atoms with Crippen LogP contribution in [0.2, 0.25) is 0 Å². The van der Waals surface area contributed by atoms with Gasteiger partial charge in [0.15, 0.2) is 9.84 Å². The predicted octanol–water partition coefficient (Wildman–Crippen LogP) is 1.63. The lowest BCUT2D eigenvalue weighted by Gasteiger charge is -2.05. The molecular weight excluding hydrogens is 222 g/mol. The zero-order valence-electron chi connectivity index (χ0n) is 9.44. The van der Waals surface area contributed by atoms with Crippen LogP contribution in [0, 0.1) is 0 Å². The van der Waals surface area contributed by atoms with E-state index in [0.717, 1.165) is 5.57 Å². The number of nitrogens with one attached hydrogen (secondary N) is 1. The Morgan fingerprint density at radius 3 is 2.50 bits per heavy atom. The summed E-state index contributed by atoms with van der Waals surface area (Å²) < 4.78 is 23.6. The quantitative estimate of drug-likeness (QED) is 0.606. The number of hydrogen-bond acceptors (Lipinski definition) is 3. The predicted molar refractivity (Wildman–Crippen MR) is 66.2 cm³/mol. The first kappa shape index (κ1) is 12.9. The zero-order valence-corrected chi connectivity index (χ0v) is 10.3. The maximum Gasteiger partial charge on any atom is 0.179 e. The Hall–Kier alpha value is -1.13. The molecule has 0 radical (unpaired) electrons. The summed E-state index contributed by atoms with van der Waals surface area (Å²) in [4.78, 5) is 0.382. The van der Waals surface area contributed by atoms with Gasteiger partial charge in [0.1, 0.15) is 0 Å². The maximum absolute atomic E-state index is 11.8. The largest absolute Gasteiger partial charge is 0.312 e. The molecule has 1 N–H and O–H groups in total. The van der Waals surface area contributed by atoms with Gasteiger partial charge in [-0.2, -0.15) is 0 Å². The van der Waals surface area contributed by atoms with Crippen molar-refractivity contribution in [1.82, 2.24) is 5.32 Å². The lowest BCUT2D eigenvalue weighted by Crippen LogP contribution is -2.24. The van der Waals surface area contributed by atoms with Gasteiger partial charge in [-0.1, -0.05) is 30.4 Å². The van der Waals surface area contributed by atoms with E-state index in [1.807, 2.05) is 6.92 Å². The first-order valence-electron chi connectivity index (χ1n) is 5.15. The molecule has 0 saturated carbocycles. The monoisotopic (exact) mass is 239 g/mol. The Bertz CT molecular complexity index is 437. The number of sulfone groups is 1. The summed E-state index contributed by atoms with van der Waals surface area (Å²) in [6.07, 6.45) is 0. The van der Waals surface area contributed by atoms with Crippen molar-refractivity contribution in [1.29, 1.82) is 0 Å². The second-order valence-corrected chi connectivity index (χ2v) is 5.87. The Morgan fingerprint density at radius 1 is 1.31 bits per heavy atom. The van der Waals surface area contributed by atoms with Gasteiger partial charge in [-0.05, 0) is 19.1 Å². The Labute approximate surface area is 97.1 Å². The summed E-state index contributed by atoms with van der Waals surface area (Å²) in [5.74, 6) is 0.115. The van der Waals surface area contributed by atoms with Gasteiger partial charge < -0.3 is 5.32 Å². The summed E-state index contributed by atoms with van der Waals surface area (Å²) in [5.41, 5.74) is 0.997. The van der Waals surface area contributed by atoms with Crippen molar-refractivity contribution in [2.45, 2.75) is 11.8 Å². The van der Waals surface area contributed by atoms with Crippen LogP contribution < -0.4 is 5.32 Å². The van der Waals surface area contributed by atoms with E-state index in [4.69, 9.17) is 0 Å². The summed E-state index contributed by atoms with van der Waals surface area (Å²) in [5, 5.41) is 3.03. The van der Waals surface area contributed by atoms with Crippen molar-refractivity contribution in [2.24, 2.45) is 0 Å². The maximum atomic E-state index is 11.8. The van der Waals surface area contributed by atoms with E-state index in [0.29, 0.717) is 18.0 Å². The van der Waals surface area contributed by atoms with Crippen LogP contribution in [0.4, 0.5) is 0 Å². The molecule has 0 amide bonds. The van der Waals surface area contributed by atoms with Gasteiger partial charge in [0.25, 0.3) is 0 Å². The van der Waals surface area contributed by atoms with Gasteiger partial charge in [-0.25, -0.2) is 8.42 Å². The molecule has 0 atom stereocenters. The Balaban J connectivity index is 2.51. The average Bonchev–Trinajstić information content (AvgIpc) is 2.26. The molecule has 0 aromatic heterocycles. The van der Waals surface area contributed by atoms with Crippen molar-refractivity contribution >= 4 is 9.84 Å². The summed E-state index contributed by atoms with van der Waals surface area (Å²) in [6, 6.07) is 8.50. The van der Waals surface area contributed by atoms with E-state index >= 15 is 0 Å². The molecule has 1 aromatic carbocycles. The third kappa shape index (κ3) is 4.16. The Morgan fingerprint density at radius 2 is 1.94 bits per heavy atom. The van der Waals surface area contributed by atoms with Gasteiger partial charge in [0.2, 0.25) is 0 Å². The normalized spacial score (nSPS) is 11.3. The highest BCUT2D eigenvalue weighted by molar-refractivity contribution is 7.91. The first-order chi connectivity index (χ1) is 7.52. The lowest BCUT2D eigenvalue weighted by atomic mass is 10.3. The van der Waals surface area contributed by atoms with Crippen molar-refractivity contribution in [2.75, 3.05) is 18.8 Å². The minimum Gasteiger partial charge on any atom is -0.312 e. The van der Waals surface area contributed by atoms with Crippen LogP contribution in [0.3, 0.4) is 0 Å². The van der Waals surface area contributed by atoms with Crippen molar-refractivity contribution < 1.29 is 8.42 Å². The van der Waals surface area contributed by atoms with E-state index in [1.165, 1.54) is 0 Å². The minimum absolute atomic E-state index is 0.115. The van der Waals surface area contributed by atoms with Crippen LogP contribution in [0.15, 0.2) is 47.4 Å². The second kappa shape index (κ2) is 5.82. The molecule has 0 saturated heterocycles. The molecule has 1 aromatic rings. The van der Waals surface area contributed by atoms with Gasteiger partial charge in [0, 0.05) is 13.1 Å². The van der Waals surface area contributed by atoms with Crippen LogP contribution in [0.1, 0.15) is 6.92 Å². The van der Waals surface area contributed by atoms with Crippen LogP contribution >= 0.6 is 0 Å². The summed E-state index contributed by atoms with van der Waals surface area (Å²) >= 11 is 0. The molecule has 0 spiro atoms. The van der Waals surface area contributed by atoms with Gasteiger partial charge >= 0.3 is 0 Å². The van der Waals surface area contributed by atoms with Crippen LogP contribution in [0.25, 0.3) is 0 Å². The number of hydrogen-bond donors (Lipinski definition) is 1. The third-order valence-corrected chi connectivity index (χ3v) is 3.81. The molecule has 88 valence electrons. The fraction of sp³-hybridized carbons (Fsp3) is 0.333. The first-order valence-corrected chi connectivity index (χ1v) is 6.80. The van der Waals surface area contributed by atoms with E-state index in [9.17, 15) is 8.42 Å². The molecule has 3 nitrogen and oxygen atoms in total. The summed E-state index contributed by atoms with van der Waals surface area (Å²) in [7, 11) is -3.15. The van der Waals surface area contributed by atoms with E-state index in [-0.39, 0.29) is 5.75 Å². The molecule has 4 heteroatoms. The smallest absolute Gasteiger partial charge is 0.179 e. The molecule has 1 rings (SSSR count). The molecule has 16 heavy (non-hydrogen) atoms. The number of benzene rings is 1. The van der Waals surface area contributed by atoms with Gasteiger partial charge in [-0.15, -0.1) is 0 Å². The van der Waals surface area contributed by atoms with E-state index < -0.39 is 9.84 Å². The van der Waals surface area contributed by atoms with Crippen LogP contribution in [0.5, 0.6) is 0 Å². The highest BCUT2D eigenvalue weighted by atomic mass is 32.2. The molecule has 0 unspecified atom stereocenters. The van der Waals surface area contributed by atoms with Crippen LogP contribution in [-0.2, 0) is 9.84 Å². The minimum atomic E-state index is -3.15. The standard InChI is InChI=1S/C12H17NO2S/c1-11(2)10-13-8-9-16(14,15)12-6-4-3-5-7-12/h3-7,13H,1,8-10H2,2H3. The topological polar surface area (TPSA) is 46.2 Å².